The van der Waals surface area contributed by atoms with Gasteiger partial charge in [0.25, 0.3) is 0 Å². The first-order valence-corrected chi connectivity index (χ1v) is 5.85. The van der Waals surface area contributed by atoms with Crippen LogP contribution >= 0.6 is 22.6 Å². The van der Waals surface area contributed by atoms with E-state index < -0.39 is 0 Å². The highest BCUT2D eigenvalue weighted by atomic mass is 127. The smallest absolute Gasteiger partial charge is 0.106 e. The molecule has 2 heteroatoms. The molecule has 14 heavy (non-hydrogen) atoms. The van der Waals surface area contributed by atoms with Gasteiger partial charge in [-0.05, 0) is 44.4 Å². The van der Waals surface area contributed by atoms with Crippen LogP contribution in [0.2, 0.25) is 0 Å². The molecule has 0 atom stereocenters. The van der Waals surface area contributed by atoms with Gasteiger partial charge in [0.1, 0.15) is 3.55 Å². The second kappa shape index (κ2) is 4.91. The molecule has 0 saturated carbocycles. The maximum atomic E-state index is 4.40. The fraction of sp³-hybridized carbons (Fsp3) is 0.417. The summed E-state index contributed by atoms with van der Waals surface area (Å²) in [6.07, 6.45) is 11.6. The minimum Gasteiger partial charge on any atom is -0.277 e. The lowest BCUT2D eigenvalue weighted by atomic mass is 10.1. The molecule has 0 spiro atoms. The van der Waals surface area contributed by atoms with Gasteiger partial charge in [0.05, 0.1) is 0 Å². The molecule has 1 aliphatic rings. The quantitative estimate of drug-likeness (QED) is 0.323. The summed E-state index contributed by atoms with van der Waals surface area (Å²) in [5.74, 6) is 0. The highest BCUT2D eigenvalue weighted by Gasteiger charge is 2.06. The maximum Gasteiger partial charge on any atom is 0.106 e. The second-order valence-electron chi connectivity index (χ2n) is 3.84. The van der Waals surface area contributed by atoms with Crippen LogP contribution < -0.4 is 0 Å². The highest BCUT2D eigenvalue weighted by Crippen LogP contribution is 2.19. The number of rotatable bonds is 3. The average Bonchev–Trinajstić information content (AvgIpc) is 2.53. The fourth-order valence-electron chi connectivity index (χ4n) is 1.17. The molecular weight excluding hydrogens is 285 g/mol. The summed E-state index contributed by atoms with van der Waals surface area (Å²) in [6.45, 7) is 6.29. The summed E-state index contributed by atoms with van der Waals surface area (Å²) in [6, 6.07) is 0. The maximum absolute atomic E-state index is 4.40. The van der Waals surface area contributed by atoms with Gasteiger partial charge in [-0.2, -0.15) is 0 Å². The Kier molecular flexibility index (Phi) is 4.11. The van der Waals surface area contributed by atoms with E-state index in [-0.39, 0.29) is 3.55 Å². The minimum absolute atomic E-state index is 0.00552. The Labute approximate surface area is 99.8 Å². The molecule has 76 valence electrons. The first-order chi connectivity index (χ1) is 6.49. The Morgan fingerprint density at radius 1 is 1.57 bits per heavy atom. The van der Waals surface area contributed by atoms with Gasteiger partial charge >= 0.3 is 0 Å². The number of allylic oxidation sites excluding steroid dienone is 6. The first-order valence-electron chi connectivity index (χ1n) is 4.77. The third-order valence-corrected chi connectivity index (χ3v) is 2.21. The van der Waals surface area contributed by atoms with Crippen LogP contribution in [-0.4, -0.2) is 9.76 Å². The van der Waals surface area contributed by atoms with Crippen molar-refractivity contribution in [2.75, 3.05) is 0 Å². The van der Waals surface area contributed by atoms with Crippen LogP contribution in [0.5, 0.6) is 0 Å². The lowest BCUT2D eigenvalue weighted by Gasteiger charge is -2.07. The highest BCUT2D eigenvalue weighted by molar-refractivity contribution is 14.1. The number of halogens is 1. The number of alkyl halides is 1. The lowest BCUT2D eigenvalue weighted by molar-refractivity contribution is 0.807. The van der Waals surface area contributed by atoms with Gasteiger partial charge in [-0.3, -0.25) is 4.99 Å². The Morgan fingerprint density at radius 2 is 2.29 bits per heavy atom. The third kappa shape index (κ3) is 4.22. The van der Waals surface area contributed by atoms with Crippen LogP contribution in [0.15, 0.2) is 40.4 Å². The van der Waals surface area contributed by atoms with Crippen molar-refractivity contribution in [3.05, 3.63) is 35.5 Å². The van der Waals surface area contributed by atoms with Crippen LogP contribution in [0.25, 0.3) is 0 Å². The van der Waals surface area contributed by atoms with E-state index in [2.05, 4.69) is 72.7 Å². The van der Waals surface area contributed by atoms with Gasteiger partial charge in [-0.1, -0.05) is 40.8 Å². The van der Waals surface area contributed by atoms with E-state index in [9.17, 15) is 0 Å². The number of hydrogen-bond acceptors (Lipinski definition) is 1. The third-order valence-electron chi connectivity index (χ3n) is 1.93. The van der Waals surface area contributed by atoms with Crippen molar-refractivity contribution in [3.63, 3.8) is 0 Å². The van der Waals surface area contributed by atoms with Gasteiger partial charge in [0, 0.05) is 6.21 Å². The van der Waals surface area contributed by atoms with E-state index in [0.717, 1.165) is 6.42 Å². The monoisotopic (exact) mass is 301 g/mol. The summed E-state index contributed by atoms with van der Waals surface area (Å²) in [5, 5.41) is 0. The van der Waals surface area contributed by atoms with Crippen molar-refractivity contribution in [1.29, 1.82) is 0 Å². The molecule has 0 heterocycles. The standard InChI is InChI=1S/C12H16IN/c1-10(11-6-4-5-7-11)8-9-14-12(2,3)13/h4,6-9H,5H2,1-3H3/b10-8+,14-9-. The molecular formula is C12H16IN. The van der Waals surface area contributed by atoms with E-state index in [4.69, 9.17) is 0 Å². The van der Waals surface area contributed by atoms with Crippen LogP contribution in [0.3, 0.4) is 0 Å². The summed E-state index contributed by atoms with van der Waals surface area (Å²) in [4.78, 5) is 4.40. The molecule has 0 aromatic rings. The largest absolute Gasteiger partial charge is 0.277 e. The van der Waals surface area contributed by atoms with Crippen LogP contribution in [0, 0.1) is 0 Å². The first kappa shape index (κ1) is 11.7. The van der Waals surface area contributed by atoms with Gasteiger partial charge in [-0.15, -0.1) is 0 Å². The molecule has 0 aromatic carbocycles. The molecule has 0 N–H and O–H groups in total. The molecule has 1 nitrogen and oxygen atoms in total. The molecule has 1 rings (SSSR count). The van der Waals surface area contributed by atoms with Crippen LogP contribution in [-0.2, 0) is 0 Å². The average molecular weight is 301 g/mol. The van der Waals surface area contributed by atoms with Crippen LogP contribution in [0.1, 0.15) is 27.2 Å². The SMILES string of the molecule is C/C(=C\C=N/C(C)(C)I)C1=CCC=C1. The Bertz CT molecular complexity index is 314. The predicted molar refractivity (Wildman–Crippen MR) is 72.2 cm³/mol. The predicted octanol–water partition coefficient (Wildman–Crippen LogP) is 4.06. The second-order valence-corrected chi connectivity index (χ2v) is 6.48. The van der Waals surface area contributed by atoms with E-state index in [1.165, 1.54) is 11.1 Å². The van der Waals surface area contributed by atoms with E-state index in [1.54, 1.807) is 0 Å². The van der Waals surface area contributed by atoms with E-state index >= 15 is 0 Å². The zero-order valence-electron chi connectivity index (χ0n) is 8.92. The summed E-state index contributed by atoms with van der Waals surface area (Å²) < 4.78 is -0.00552. The van der Waals surface area contributed by atoms with Crippen molar-refractivity contribution in [3.8, 4) is 0 Å². The molecule has 0 amide bonds. The molecule has 0 fully saturated rings. The molecule has 1 aliphatic carbocycles. The summed E-state index contributed by atoms with van der Waals surface area (Å²) in [7, 11) is 0. The van der Waals surface area contributed by atoms with Crippen molar-refractivity contribution < 1.29 is 0 Å². The summed E-state index contributed by atoms with van der Waals surface area (Å²) >= 11 is 2.32. The zero-order chi connectivity index (χ0) is 10.6. The number of hydrogen-bond donors (Lipinski definition) is 0. The Balaban J connectivity index is 2.61. The zero-order valence-corrected chi connectivity index (χ0v) is 11.1. The summed E-state index contributed by atoms with van der Waals surface area (Å²) in [5.41, 5.74) is 2.60. The Morgan fingerprint density at radius 3 is 2.79 bits per heavy atom. The lowest BCUT2D eigenvalue weighted by Crippen LogP contribution is -2.03. The molecule has 0 saturated heterocycles. The topological polar surface area (TPSA) is 12.4 Å². The molecule has 0 aliphatic heterocycles. The van der Waals surface area contributed by atoms with Gasteiger partial charge in [0.15, 0.2) is 0 Å². The van der Waals surface area contributed by atoms with Gasteiger partial charge < -0.3 is 0 Å². The Hall–Kier alpha value is -0.380. The van der Waals surface area contributed by atoms with Crippen molar-refractivity contribution >= 4 is 28.8 Å². The van der Waals surface area contributed by atoms with Crippen molar-refractivity contribution in [2.45, 2.75) is 30.7 Å². The van der Waals surface area contributed by atoms with Crippen LogP contribution in [0.4, 0.5) is 0 Å². The normalized spacial score (nSPS) is 18.0. The van der Waals surface area contributed by atoms with Gasteiger partial charge in [-0.25, -0.2) is 0 Å². The van der Waals surface area contributed by atoms with Crippen molar-refractivity contribution in [1.82, 2.24) is 0 Å². The van der Waals surface area contributed by atoms with E-state index in [0.29, 0.717) is 0 Å². The fourth-order valence-corrected chi connectivity index (χ4v) is 1.33. The molecule has 0 bridgehead atoms. The van der Waals surface area contributed by atoms with Gasteiger partial charge in [0.2, 0.25) is 0 Å². The molecule has 0 radical (unpaired) electrons. The molecule has 0 aromatic heterocycles. The number of nitrogens with zero attached hydrogens (tertiary/aromatic N) is 1. The van der Waals surface area contributed by atoms with E-state index in [1.807, 2.05) is 6.21 Å². The molecule has 0 unspecified atom stereocenters. The van der Waals surface area contributed by atoms with Crippen molar-refractivity contribution in [2.24, 2.45) is 4.99 Å². The number of aliphatic imine (C=N–C) groups is 1. The minimum atomic E-state index is -0.00552.